The minimum atomic E-state index is 0.00503. The van der Waals surface area contributed by atoms with Gasteiger partial charge >= 0.3 is 0 Å². The number of carbonyl (C=O) groups excluding carboxylic acids is 1. The van der Waals surface area contributed by atoms with Gasteiger partial charge in [-0.1, -0.05) is 18.2 Å². The van der Waals surface area contributed by atoms with Crippen molar-refractivity contribution in [3.05, 3.63) is 36.0 Å². The summed E-state index contributed by atoms with van der Waals surface area (Å²) in [6, 6.07) is 8.02. The number of amides is 1. The van der Waals surface area contributed by atoms with Crippen LogP contribution in [0.3, 0.4) is 0 Å². The van der Waals surface area contributed by atoms with Crippen LogP contribution in [0.5, 0.6) is 0 Å². The number of para-hydroxylation sites is 1. The van der Waals surface area contributed by atoms with Crippen LogP contribution in [0, 0.1) is 0 Å². The van der Waals surface area contributed by atoms with Crippen LogP contribution < -0.4 is 11.1 Å². The second-order valence-electron chi connectivity index (χ2n) is 4.70. The average molecular weight is 275 g/mol. The number of aromatic nitrogens is 1. The summed E-state index contributed by atoms with van der Waals surface area (Å²) < 4.78 is 6.89. The first kappa shape index (κ1) is 14.6. The van der Waals surface area contributed by atoms with Crippen LogP contribution in [0.4, 0.5) is 0 Å². The maximum absolute atomic E-state index is 11.9. The second-order valence-corrected chi connectivity index (χ2v) is 4.70. The van der Waals surface area contributed by atoms with Gasteiger partial charge < -0.3 is 20.4 Å². The van der Waals surface area contributed by atoms with Crippen molar-refractivity contribution in [3.8, 4) is 0 Å². The molecule has 1 aromatic carbocycles. The summed E-state index contributed by atoms with van der Waals surface area (Å²) in [5, 5.41) is 4.00. The lowest BCUT2D eigenvalue weighted by Gasteiger charge is -2.09. The third-order valence-electron chi connectivity index (χ3n) is 3.25. The first-order valence-corrected chi connectivity index (χ1v) is 6.78. The summed E-state index contributed by atoms with van der Waals surface area (Å²) in [7, 11) is 1.65. The van der Waals surface area contributed by atoms with Gasteiger partial charge in [0.05, 0.1) is 5.52 Å². The predicted molar refractivity (Wildman–Crippen MR) is 79.3 cm³/mol. The Kier molecular flexibility index (Phi) is 5.15. The highest BCUT2D eigenvalue weighted by Crippen LogP contribution is 2.19. The molecule has 5 nitrogen and oxygen atoms in total. The Balaban J connectivity index is 2.04. The van der Waals surface area contributed by atoms with E-state index in [0.717, 1.165) is 22.9 Å². The number of hydrogen-bond donors (Lipinski definition) is 2. The van der Waals surface area contributed by atoms with E-state index in [1.165, 1.54) is 0 Å². The zero-order chi connectivity index (χ0) is 14.4. The van der Waals surface area contributed by atoms with Crippen LogP contribution in [0.2, 0.25) is 0 Å². The van der Waals surface area contributed by atoms with Crippen molar-refractivity contribution in [2.24, 2.45) is 5.73 Å². The van der Waals surface area contributed by atoms with Crippen LogP contribution in [0.15, 0.2) is 30.5 Å². The summed E-state index contributed by atoms with van der Waals surface area (Å²) in [6.07, 6.45) is 2.75. The quantitative estimate of drug-likeness (QED) is 0.747. The largest absolute Gasteiger partial charge is 0.385 e. The van der Waals surface area contributed by atoms with Gasteiger partial charge in [0.1, 0.15) is 6.54 Å². The summed E-state index contributed by atoms with van der Waals surface area (Å²) >= 11 is 0. The van der Waals surface area contributed by atoms with E-state index >= 15 is 0 Å². The lowest BCUT2D eigenvalue weighted by molar-refractivity contribution is -0.121. The average Bonchev–Trinajstić information content (AvgIpc) is 2.87. The van der Waals surface area contributed by atoms with E-state index < -0.39 is 0 Å². The Morgan fingerprint density at radius 3 is 3.00 bits per heavy atom. The van der Waals surface area contributed by atoms with E-state index in [2.05, 4.69) is 5.32 Å². The zero-order valence-corrected chi connectivity index (χ0v) is 11.8. The highest BCUT2D eigenvalue weighted by Gasteiger charge is 2.08. The molecule has 0 radical (unpaired) electrons. The molecule has 108 valence electrons. The first-order valence-electron chi connectivity index (χ1n) is 6.78. The van der Waals surface area contributed by atoms with Gasteiger partial charge in [-0.15, -0.1) is 0 Å². The number of nitrogens with two attached hydrogens (primary N) is 1. The minimum absolute atomic E-state index is 0.00503. The van der Waals surface area contributed by atoms with Crippen molar-refractivity contribution in [2.45, 2.75) is 19.5 Å². The topological polar surface area (TPSA) is 69.3 Å². The number of nitrogens with one attached hydrogen (secondary N) is 1. The number of methoxy groups -OCH3 is 1. The third kappa shape index (κ3) is 3.37. The number of hydrogen-bond acceptors (Lipinski definition) is 3. The molecule has 2 aromatic rings. The van der Waals surface area contributed by atoms with Gasteiger partial charge in [-0.25, -0.2) is 0 Å². The molecule has 0 fully saturated rings. The van der Waals surface area contributed by atoms with E-state index in [-0.39, 0.29) is 5.91 Å². The van der Waals surface area contributed by atoms with Crippen molar-refractivity contribution in [2.75, 3.05) is 20.3 Å². The fourth-order valence-electron chi connectivity index (χ4n) is 2.29. The fourth-order valence-corrected chi connectivity index (χ4v) is 2.29. The first-order chi connectivity index (χ1) is 9.76. The SMILES string of the molecule is COCCCNC(=O)Cn1ccc2cccc(CN)c21. The van der Waals surface area contributed by atoms with Gasteiger partial charge in [0, 0.05) is 33.0 Å². The van der Waals surface area contributed by atoms with Crippen LogP contribution in [-0.2, 0) is 22.6 Å². The maximum atomic E-state index is 11.9. The van der Waals surface area contributed by atoms with Gasteiger partial charge in [0.25, 0.3) is 0 Å². The van der Waals surface area contributed by atoms with Gasteiger partial charge in [-0.05, 0) is 23.4 Å². The molecule has 0 unspecified atom stereocenters. The molecule has 0 atom stereocenters. The molecule has 0 saturated heterocycles. The number of rotatable bonds is 7. The van der Waals surface area contributed by atoms with Crippen molar-refractivity contribution in [1.82, 2.24) is 9.88 Å². The van der Waals surface area contributed by atoms with Crippen LogP contribution in [0.1, 0.15) is 12.0 Å². The van der Waals surface area contributed by atoms with Crippen molar-refractivity contribution in [3.63, 3.8) is 0 Å². The number of ether oxygens (including phenoxy) is 1. The van der Waals surface area contributed by atoms with Crippen LogP contribution in [0.25, 0.3) is 10.9 Å². The monoisotopic (exact) mass is 275 g/mol. The Hall–Kier alpha value is -1.85. The molecular formula is C15H21N3O2. The molecule has 20 heavy (non-hydrogen) atoms. The summed E-state index contributed by atoms with van der Waals surface area (Å²) in [5.74, 6) is 0.00503. The molecule has 1 aromatic heterocycles. The van der Waals surface area contributed by atoms with Crippen molar-refractivity contribution < 1.29 is 9.53 Å². The molecule has 0 aliphatic rings. The Bertz CT molecular complexity index is 578. The second kappa shape index (κ2) is 7.07. The van der Waals surface area contributed by atoms with E-state index in [4.69, 9.17) is 10.5 Å². The zero-order valence-electron chi connectivity index (χ0n) is 11.8. The standard InChI is InChI=1S/C15H21N3O2/c1-20-9-3-7-17-14(19)11-18-8-6-12-4-2-5-13(10-16)15(12)18/h2,4-6,8H,3,7,9-11,16H2,1H3,(H,17,19). The van der Waals surface area contributed by atoms with E-state index in [9.17, 15) is 4.79 Å². The molecule has 2 rings (SSSR count). The highest BCUT2D eigenvalue weighted by molar-refractivity contribution is 5.85. The summed E-state index contributed by atoms with van der Waals surface area (Å²) in [4.78, 5) is 11.9. The third-order valence-corrected chi connectivity index (χ3v) is 3.25. The molecule has 0 saturated carbocycles. The van der Waals surface area contributed by atoms with E-state index in [1.54, 1.807) is 7.11 Å². The number of benzene rings is 1. The molecule has 0 aliphatic heterocycles. The predicted octanol–water partition coefficient (Wildman–Crippen LogP) is 1.25. The Morgan fingerprint density at radius 1 is 1.40 bits per heavy atom. The summed E-state index contributed by atoms with van der Waals surface area (Å²) in [6.45, 7) is 2.07. The van der Waals surface area contributed by atoms with Gasteiger partial charge in [-0.3, -0.25) is 4.79 Å². The smallest absolute Gasteiger partial charge is 0.239 e. The molecule has 1 heterocycles. The molecule has 1 amide bonds. The normalized spacial score (nSPS) is 10.9. The lowest BCUT2D eigenvalue weighted by Crippen LogP contribution is -2.28. The minimum Gasteiger partial charge on any atom is -0.385 e. The van der Waals surface area contributed by atoms with Crippen LogP contribution >= 0.6 is 0 Å². The molecule has 0 aliphatic carbocycles. The van der Waals surface area contributed by atoms with Crippen molar-refractivity contribution in [1.29, 1.82) is 0 Å². The van der Waals surface area contributed by atoms with Gasteiger partial charge in [-0.2, -0.15) is 0 Å². The summed E-state index contributed by atoms with van der Waals surface area (Å²) in [5.41, 5.74) is 7.86. The van der Waals surface area contributed by atoms with Crippen LogP contribution in [-0.4, -0.2) is 30.7 Å². The molecule has 5 heteroatoms. The highest BCUT2D eigenvalue weighted by atomic mass is 16.5. The molecule has 3 N–H and O–H groups in total. The molecule has 0 spiro atoms. The van der Waals surface area contributed by atoms with E-state index in [1.807, 2.05) is 35.0 Å². The van der Waals surface area contributed by atoms with Gasteiger partial charge in [0.2, 0.25) is 5.91 Å². The maximum Gasteiger partial charge on any atom is 0.239 e. The van der Waals surface area contributed by atoms with E-state index in [0.29, 0.717) is 26.2 Å². The fraction of sp³-hybridized carbons (Fsp3) is 0.400. The Morgan fingerprint density at radius 2 is 2.25 bits per heavy atom. The number of fused-ring (bicyclic) bond motifs is 1. The van der Waals surface area contributed by atoms with Gasteiger partial charge in [0.15, 0.2) is 0 Å². The van der Waals surface area contributed by atoms with Crippen molar-refractivity contribution >= 4 is 16.8 Å². The number of carbonyl (C=O) groups is 1. The lowest BCUT2D eigenvalue weighted by atomic mass is 10.1. The Labute approximate surface area is 118 Å². The molecule has 0 bridgehead atoms. The number of nitrogens with zero attached hydrogens (tertiary/aromatic N) is 1. The molecular weight excluding hydrogens is 254 g/mol.